The maximum atomic E-state index is 12.1. The summed E-state index contributed by atoms with van der Waals surface area (Å²) in [6.45, 7) is 5.32. The van der Waals surface area contributed by atoms with E-state index in [2.05, 4.69) is 44.0 Å². The number of amides is 1. The summed E-state index contributed by atoms with van der Waals surface area (Å²) in [5.74, 6) is 0.824. The highest BCUT2D eigenvalue weighted by atomic mass is 16.1. The van der Waals surface area contributed by atoms with E-state index in [1.54, 1.807) is 0 Å². The molecule has 2 aromatic rings. The van der Waals surface area contributed by atoms with Crippen molar-refractivity contribution >= 4 is 5.91 Å². The van der Waals surface area contributed by atoms with E-state index in [0.29, 0.717) is 24.9 Å². The first kappa shape index (κ1) is 17.2. The van der Waals surface area contributed by atoms with Crippen LogP contribution in [0, 0.1) is 12.8 Å². The molecule has 0 saturated heterocycles. The minimum absolute atomic E-state index is 0.198. The van der Waals surface area contributed by atoms with Gasteiger partial charge in [0.15, 0.2) is 0 Å². The molecule has 0 radical (unpaired) electrons. The van der Waals surface area contributed by atoms with E-state index in [1.165, 1.54) is 24.1 Å². The van der Waals surface area contributed by atoms with Gasteiger partial charge >= 0.3 is 0 Å². The van der Waals surface area contributed by atoms with Crippen LogP contribution in [0.5, 0.6) is 0 Å². The molecular formula is C20H27N5O. The summed E-state index contributed by atoms with van der Waals surface area (Å²) in [6.07, 6.45) is 7.82. The molecule has 0 aromatic carbocycles. The Kier molecular flexibility index (Phi) is 5.02. The third-order valence-corrected chi connectivity index (χ3v) is 5.54. The van der Waals surface area contributed by atoms with Crippen molar-refractivity contribution in [1.29, 1.82) is 0 Å². The Morgan fingerprint density at radius 2 is 2.15 bits per heavy atom. The molecule has 1 aliphatic heterocycles. The Labute approximate surface area is 154 Å². The lowest BCUT2D eigenvalue weighted by Crippen LogP contribution is -2.43. The summed E-state index contributed by atoms with van der Waals surface area (Å²) in [5.41, 5.74) is 3.54. The smallest absolute Gasteiger partial charge is 0.220 e. The SMILES string of the molecule is Cc1cccnc1CN1Cc2ccnn2CC[C@@H]1CNC(=O)CC1CC1. The summed E-state index contributed by atoms with van der Waals surface area (Å²) >= 11 is 0. The third kappa shape index (κ3) is 4.12. The Morgan fingerprint density at radius 3 is 2.96 bits per heavy atom. The molecule has 138 valence electrons. The number of pyridine rings is 1. The molecule has 1 saturated carbocycles. The molecule has 0 bridgehead atoms. The Bertz CT molecular complexity index is 767. The van der Waals surface area contributed by atoms with Crippen LogP contribution in [-0.2, 0) is 24.4 Å². The normalized spacial score (nSPS) is 20.4. The lowest BCUT2D eigenvalue weighted by atomic mass is 10.1. The first-order valence-electron chi connectivity index (χ1n) is 9.61. The van der Waals surface area contributed by atoms with Crippen molar-refractivity contribution in [2.75, 3.05) is 6.54 Å². The van der Waals surface area contributed by atoms with Crippen LogP contribution in [0.25, 0.3) is 0 Å². The molecular weight excluding hydrogens is 326 g/mol. The summed E-state index contributed by atoms with van der Waals surface area (Å²) in [5, 5.41) is 7.61. The number of nitrogens with zero attached hydrogens (tertiary/aromatic N) is 4. The highest BCUT2D eigenvalue weighted by Gasteiger charge is 2.27. The van der Waals surface area contributed by atoms with Gasteiger partial charge in [0.2, 0.25) is 5.91 Å². The molecule has 3 heterocycles. The first-order chi connectivity index (χ1) is 12.7. The molecule has 1 N–H and O–H groups in total. The van der Waals surface area contributed by atoms with E-state index in [0.717, 1.165) is 31.7 Å². The van der Waals surface area contributed by atoms with Crippen molar-refractivity contribution in [2.24, 2.45) is 5.92 Å². The molecule has 0 spiro atoms. The maximum Gasteiger partial charge on any atom is 0.220 e. The second kappa shape index (κ2) is 7.58. The predicted octanol–water partition coefficient (Wildman–Crippen LogP) is 2.28. The minimum Gasteiger partial charge on any atom is -0.355 e. The molecule has 6 heteroatoms. The van der Waals surface area contributed by atoms with Gasteiger partial charge in [0.25, 0.3) is 0 Å². The molecule has 1 atom stereocenters. The number of fused-ring (bicyclic) bond motifs is 1. The van der Waals surface area contributed by atoms with Crippen LogP contribution in [0.2, 0.25) is 0 Å². The minimum atomic E-state index is 0.198. The van der Waals surface area contributed by atoms with Gasteiger partial charge < -0.3 is 5.32 Å². The van der Waals surface area contributed by atoms with E-state index >= 15 is 0 Å². The predicted molar refractivity (Wildman–Crippen MR) is 99.2 cm³/mol. The van der Waals surface area contributed by atoms with Crippen molar-refractivity contribution in [1.82, 2.24) is 25.0 Å². The van der Waals surface area contributed by atoms with E-state index in [4.69, 9.17) is 0 Å². The van der Waals surface area contributed by atoms with Crippen molar-refractivity contribution in [3.05, 3.63) is 47.5 Å². The molecule has 6 nitrogen and oxygen atoms in total. The number of carbonyl (C=O) groups excluding carboxylic acids is 1. The van der Waals surface area contributed by atoms with Crippen LogP contribution >= 0.6 is 0 Å². The topological polar surface area (TPSA) is 63.1 Å². The molecule has 0 unspecified atom stereocenters. The fraction of sp³-hybridized carbons (Fsp3) is 0.550. The van der Waals surface area contributed by atoms with Crippen LogP contribution in [0.4, 0.5) is 0 Å². The Morgan fingerprint density at radius 1 is 1.27 bits per heavy atom. The highest BCUT2D eigenvalue weighted by molar-refractivity contribution is 5.76. The summed E-state index contributed by atoms with van der Waals surface area (Å²) in [6, 6.07) is 6.47. The molecule has 1 aliphatic carbocycles. The average molecular weight is 353 g/mol. The summed E-state index contributed by atoms with van der Waals surface area (Å²) in [4.78, 5) is 19.2. The van der Waals surface area contributed by atoms with Crippen LogP contribution in [-0.4, -0.2) is 38.2 Å². The maximum absolute atomic E-state index is 12.1. The lowest BCUT2D eigenvalue weighted by molar-refractivity contribution is -0.121. The highest BCUT2D eigenvalue weighted by Crippen LogP contribution is 2.32. The molecule has 2 aromatic heterocycles. The van der Waals surface area contributed by atoms with Gasteiger partial charge in [-0.2, -0.15) is 5.10 Å². The zero-order valence-electron chi connectivity index (χ0n) is 15.4. The van der Waals surface area contributed by atoms with Gasteiger partial charge in [-0.25, -0.2) is 0 Å². The van der Waals surface area contributed by atoms with Crippen LogP contribution in [0.15, 0.2) is 30.6 Å². The molecule has 1 amide bonds. The van der Waals surface area contributed by atoms with Gasteiger partial charge in [-0.3, -0.25) is 19.4 Å². The number of aryl methyl sites for hydroxylation is 2. The van der Waals surface area contributed by atoms with Gasteiger partial charge in [-0.1, -0.05) is 6.07 Å². The first-order valence-corrected chi connectivity index (χ1v) is 9.61. The second-order valence-corrected chi connectivity index (χ2v) is 7.61. The molecule has 1 fully saturated rings. The quantitative estimate of drug-likeness (QED) is 0.865. The Balaban J connectivity index is 1.46. The van der Waals surface area contributed by atoms with Crippen molar-refractivity contribution in [3.8, 4) is 0 Å². The third-order valence-electron chi connectivity index (χ3n) is 5.54. The largest absolute Gasteiger partial charge is 0.355 e. The van der Waals surface area contributed by atoms with Crippen LogP contribution in [0.3, 0.4) is 0 Å². The van der Waals surface area contributed by atoms with Gasteiger partial charge in [0.1, 0.15) is 0 Å². The van der Waals surface area contributed by atoms with E-state index in [-0.39, 0.29) is 5.91 Å². The number of nitrogens with one attached hydrogen (secondary N) is 1. The van der Waals surface area contributed by atoms with Gasteiger partial charge in [-0.15, -0.1) is 0 Å². The van der Waals surface area contributed by atoms with E-state index < -0.39 is 0 Å². The number of hydrogen-bond donors (Lipinski definition) is 1. The number of hydrogen-bond acceptors (Lipinski definition) is 4. The van der Waals surface area contributed by atoms with Crippen molar-refractivity contribution < 1.29 is 4.79 Å². The number of aromatic nitrogens is 3. The van der Waals surface area contributed by atoms with Gasteiger partial charge in [0.05, 0.1) is 11.4 Å². The summed E-state index contributed by atoms with van der Waals surface area (Å²) in [7, 11) is 0. The fourth-order valence-electron chi connectivity index (χ4n) is 3.67. The van der Waals surface area contributed by atoms with E-state index in [1.807, 2.05) is 18.5 Å². The van der Waals surface area contributed by atoms with Crippen LogP contribution in [0.1, 0.15) is 42.6 Å². The molecule has 26 heavy (non-hydrogen) atoms. The molecule has 4 rings (SSSR count). The zero-order valence-corrected chi connectivity index (χ0v) is 15.4. The number of rotatable bonds is 6. The van der Waals surface area contributed by atoms with Gasteiger partial charge in [-0.05, 0) is 49.8 Å². The Hall–Kier alpha value is -2.21. The van der Waals surface area contributed by atoms with Crippen molar-refractivity contribution in [2.45, 2.75) is 58.3 Å². The van der Waals surface area contributed by atoms with E-state index in [9.17, 15) is 4.79 Å². The zero-order chi connectivity index (χ0) is 17.9. The van der Waals surface area contributed by atoms with Crippen molar-refractivity contribution in [3.63, 3.8) is 0 Å². The lowest BCUT2D eigenvalue weighted by Gasteiger charge is -2.30. The number of carbonyl (C=O) groups is 1. The average Bonchev–Trinajstić information content (AvgIpc) is 3.36. The summed E-state index contributed by atoms with van der Waals surface area (Å²) < 4.78 is 2.09. The van der Waals surface area contributed by atoms with Crippen LogP contribution < -0.4 is 5.32 Å². The standard InChI is InChI=1S/C20H27N5O/c1-15-3-2-8-21-19(15)14-24-13-18-6-9-23-25(18)10-7-17(24)12-22-20(26)11-16-4-5-16/h2-3,6,8-9,16-17H,4-5,7,10-14H2,1H3,(H,22,26)/t17-/m1/s1. The second-order valence-electron chi connectivity index (χ2n) is 7.61. The van der Waals surface area contributed by atoms with Gasteiger partial charge in [0, 0.05) is 51.0 Å². The molecule has 2 aliphatic rings. The monoisotopic (exact) mass is 353 g/mol. The fourth-order valence-corrected chi connectivity index (χ4v) is 3.67.